The van der Waals surface area contributed by atoms with Crippen molar-refractivity contribution in [1.29, 1.82) is 0 Å². The van der Waals surface area contributed by atoms with E-state index in [9.17, 15) is 0 Å². The third-order valence-corrected chi connectivity index (χ3v) is 12.3. The Morgan fingerprint density at radius 2 is 1.20 bits per heavy atom. The number of fused-ring (bicyclic) bond motifs is 11. The molecule has 0 saturated carbocycles. The molecule has 7 aromatic carbocycles. The summed E-state index contributed by atoms with van der Waals surface area (Å²) in [4.78, 5) is 5.08. The summed E-state index contributed by atoms with van der Waals surface area (Å²) in [6.45, 7) is 6.32. The molecule has 60 heavy (non-hydrogen) atoms. The molecule has 1 aliphatic rings. The summed E-state index contributed by atoms with van der Waals surface area (Å²) in [5.74, 6) is 0.669. The Bertz CT molecular complexity index is 3430. The van der Waals surface area contributed by atoms with Crippen LogP contribution in [0.5, 0.6) is 0 Å². The molecule has 0 saturated heterocycles. The van der Waals surface area contributed by atoms with Gasteiger partial charge in [0.05, 0.1) is 33.3 Å². The van der Waals surface area contributed by atoms with Crippen LogP contribution in [0.3, 0.4) is 0 Å². The first-order chi connectivity index (χ1) is 29.4. The maximum absolute atomic E-state index is 6.97. The number of benzene rings is 7. The number of rotatable bonds is 7. The van der Waals surface area contributed by atoms with Crippen molar-refractivity contribution in [3.63, 3.8) is 0 Å². The number of para-hydroxylation sites is 2. The molecule has 1 unspecified atom stereocenters. The summed E-state index contributed by atoms with van der Waals surface area (Å²) < 4.78 is 4.95. The monoisotopic (exact) mass is 773 g/mol. The summed E-state index contributed by atoms with van der Waals surface area (Å²) in [6, 6.07) is 62.4. The van der Waals surface area contributed by atoms with E-state index >= 15 is 0 Å². The number of aliphatic imine (C=N–C) groups is 1. The van der Waals surface area contributed by atoms with Crippen LogP contribution in [0.2, 0.25) is 0 Å². The Morgan fingerprint density at radius 3 is 1.93 bits per heavy atom. The largest absolute Gasteiger partial charge is 0.348 e. The van der Waals surface area contributed by atoms with Crippen molar-refractivity contribution in [2.75, 3.05) is 0 Å². The van der Waals surface area contributed by atoms with E-state index < -0.39 is 5.66 Å². The number of pyridine rings is 1. The highest BCUT2D eigenvalue weighted by Gasteiger charge is 2.24. The Hall–Kier alpha value is -7.47. The van der Waals surface area contributed by atoms with Crippen LogP contribution in [0.25, 0.3) is 76.9 Å². The zero-order valence-electron chi connectivity index (χ0n) is 33.4. The van der Waals surface area contributed by atoms with Crippen molar-refractivity contribution >= 4 is 82.7 Å². The lowest BCUT2D eigenvalue weighted by atomic mass is 9.94. The molecule has 288 valence electrons. The normalized spacial score (nSPS) is 14.5. The molecular weight excluding hydrogens is 731 g/mol. The van der Waals surface area contributed by atoms with Crippen molar-refractivity contribution in [2.45, 2.75) is 25.4 Å². The van der Waals surface area contributed by atoms with Crippen molar-refractivity contribution in [3.8, 4) is 0 Å². The second-order valence-corrected chi connectivity index (χ2v) is 16.1. The number of aromatic nitrogens is 2. The molecule has 0 radical (unpaired) electrons. The van der Waals surface area contributed by atoms with Crippen molar-refractivity contribution in [2.24, 2.45) is 10.7 Å². The number of allylic oxidation sites excluding steroid dienone is 4. The van der Waals surface area contributed by atoms with Gasteiger partial charge in [-0.05, 0) is 89.9 Å². The fourth-order valence-corrected chi connectivity index (χ4v) is 9.29. The van der Waals surface area contributed by atoms with E-state index in [4.69, 9.17) is 10.7 Å². The van der Waals surface area contributed by atoms with E-state index in [1.54, 1.807) is 0 Å². The van der Waals surface area contributed by atoms with Crippen molar-refractivity contribution in [3.05, 3.63) is 217 Å². The van der Waals surface area contributed by atoms with Crippen molar-refractivity contribution in [1.82, 2.24) is 14.3 Å². The predicted octanol–water partition coefficient (Wildman–Crippen LogP) is 13.1. The molecule has 5 nitrogen and oxygen atoms in total. The van der Waals surface area contributed by atoms with Gasteiger partial charge in [0.15, 0.2) is 0 Å². The van der Waals surface area contributed by atoms with Gasteiger partial charge in [0.1, 0.15) is 11.5 Å². The molecule has 1 aliphatic carbocycles. The van der Waals surface area contributed by atoms with Gasteiger partial charge in [0, 0.05) is 38.2 Å². The second kappa shape index (κ2) is 14.1. The molecule has 0 bridgehead atoms. The number of nitrogens with zero attached hydrogens (tertiary/aromatic N) is 3. The Morgan fingerprint density at radius 1 is 0.567 bits per heavy atom. The second-order valence-electron chi connectivity index (χ2n) is 16.1. The SMILES string of the molecule is C=C(N=C(NC(C)(N)c1ccccc1)c1cccc(C2=CC=C(n3c4ccccc4c4cc5cc6c7ccccc7c7ccccc7n6c5cc43)CC2)c1)c1ccccc1. The van der Waals surface area contributed by atoms with E-state index in [1.807, 2.05) is 67.6 Å². The lowest BCUT2D eigenvalue weighted by Gasteiger charge is -2.29. The van der Waals surface area contributed by atoms with E-state index in [2.05, 4.69) is 148 Å². The maximum atomic E-state index is 6.97. The van der Waals surface area contributed by atoms with Crippen LogP contribution in [0.4, 0.5) is 0 Å². The first-order valence-corrected chi connectivity index (χ1v) is 20.7. The predicted molar refractivity (Wildman–Crippen MR) is 254 cm³/mol. The number of hydrogen-bond acceptors (Lipinski definition) is 2. The molecule has 0 aliphatic heterocycles. The maximum Gasteiger partial charge on any atom is 0.135 e. The molecule has 0 spiro atoms. The third kappa shape index (κ3) is 5.93. The van der Waals surface area contributed by atoms with Crippen LogP contribution in [0, 0.1) is 0 Å². The Labute approximate surface area is 348 Å². The summed E-state index contributed by atoms with van der Waals surface area (Å²) in [7, 11) is 0. The molecule has 11 rings (SSSR count). The van der Waals surface area contributed by atoms with Gasteiger partial charge >= 0.3 is 0 Å². The highest BCUT2D eigenvalue weighted by molar-refractivity contribution is 6.19. The topological polar surface area (TPSA) is 59.8 Å². The summed E-state index contributed by atoms with van der Waals surface area (Å²) in [5, 5.41) is 11.2. The van der Waals surface area contributed by atoms with E-state index in [0.717, 1.165) is 35.1 Å². The van der Waals surface area contributed by atoms with Gasteiger partial charge in [-0.3, -0.25) is 0 Å². The smallest absolute Gasteiger partial charge is 0.135 e. The van der Waals surface area contributed by atoms with Crippen LogP contribution >= 0.6 is 0 Å². The number of hydrogen-bond donors (Lipinski definition) is 2. The van der Waals surface area contributed by atoms with Gasteiger partial charge in [0.2, 0.25) is 0 Å². The fourth-order valence-electron chi connectivity index (χ4n) is 9.29. The van der Waals surface area contributed by atoms with Gasteiger partial charge in [-0.1, -0.05) is 152 Å². The summed E-state index contributed by atoms with van der Waals surface area (Å²) in [5.41, 5.74) is 19.4. The van der Waals surface area contributed by atoms with Crippen LogP contribution < -0.4 is 11.1 Å². The quantitative estimate of drug-likeness (QED) is 0.0733. The molecule has 5 heteroatoms. The fraction of sp³-hybridized carbons (Fsp3) is 0.0727. The highest BCUT2D eigenvalue weighted by atomic mass is 15.1. The molecule has 3 aromatic heterocycles. The first kappa shape index (κ1) is 35.7. The molecule has 3 heterocycles. The zero-order valence-corrected chi connectivity index (χ0v) is 33.4. The lowest BCUT2D eigenvalue weighted by Crippen LogP contribution is -2.51. The van der Waals surface area contributed by atoms with E-state index in [1.165, 1.54) is 71.2 Å². The van der Waals surface area contributed by atoms with Gasteiger partial charge in [-0.25, -0.2) is 4.99 Å². The summed E-state index contributed by atoms with van der Waals surface area (Å²) >= 11 is 0. The average molecular weight is 774 g/mol. The van der Waals surface area contributed by atoms with Gasteiger partial charge < -0.3 is 20.0 Å². The van der Waals surface area contributed by atoms with Gasteiger partial charge in [-0.15, -0.1) is 0 Å². The number of nitrogens with one attached hydrogen (secondary N) is 1. The Kier molecular flexibility index (Phi) is 8.40. The third-order valence-electron chi connectivity index (χ3n) is 12.3. The minimum atomic E-state index is -0.878. The average Bonchev–Trinajstić information content (AvgIpc) is 3.84. The highest BCUT2D eigenvalue weighted by Crippen LogP contribution is 2.41. The molecule has 10 aromatic rings. The van der Waals surface area contributed by atoms with Crippen molar-refractivity contribution < 1.29 is 0 Å². The Balaban J connectivity index is 1.02. The minimum Gasteiger partial charge on any atom is -0.348 e. The van der Waals surface area contributed by atoms with Crippen LogP contribution in [-0.4, -0.2) is 14.8 Å². The molecule has 0 fully saturated rings. The number of amidine groups is 1. The molecule has 1 atom stereocenters. The minimum absolute atomic E-state index is 0.662. The zero-order chi connectivity index (χ0) is 40.4. The molecule has 0 amide bonds. The van der Waals surface area contributed by atoms with Crippen LogP contribution in [-0.2, 0) is 5.66 Å². The summed E-state index contributed by atoms with van der Waals surface area (Å²) in [6.07, 6.45) is 6.40. The number of nitrogens with two attached hydrogens (primary N) is 1. The lowest BCUT2D eigenvalue weighted by molar-refractivity contribution is 0.457. The van der Waals surface area contributed by atoms with E-state index in [-0.39, 0.29) is 0 Å². The molecule has 3 N–H and O–H groups in total. The van der Waals surface area contributed by atoms with Gasteiger partial charge in [-0.2, -0.15) is 0 Å². The van der Waals surface area contributed by atoms with Crippen LogP contribution in [0.15, 0.2) is 200 Å². The molecular formula is C55H43N5. The van der Waals surface area contributed by atoms with Crippen LogP contribution in [0.1, 0.15) is 42.0 Å². The standard InChI is InChI=1S/C55H43N5/c1-36(37-16-5-3-6-17-37)57-54(58-55(2,56)42-20-7-4-8-21-42)40-19-15-18-39(32-40)38-28-30-43(31-29-38)59-49-26-13-12-25-47(49)48-33-41-34-52-46-24-10-9-22-44(46)45-23-11-14-27-50(45)60(52)51(41)35-53(48)59/h3-28,30,32-35H,1,29,31,56H2,2H3,(H,57,58). The van der Waals surface area contributed by atoms with E-state index in [0.29, 0.717) is 11.5 Å². The van der Waals surface area contributed by atoms with Gasteiger partial charge in [0.25, 0.3) is 0 Å². The first-order valence-electron chi connectivity index (χ1n) is 20.7.